The molecule has 0 bridgehead atoms. The third-order valence-electron chi connectivity index (χ3n) is 5.34. The van der Waals surface area contributed by atoms with E-state index in [0.717, 1.165) is 55.1 Å². The topological polar surface area (TPSA) is 31.2 Å². The molecular weight excluding hydrogens is 330 g/mol. The molecule has 1 aromatic heterocycles. The van der Waals surface area contributed by atoms with Crippen molar-refractivity contribution >= 4 is 11.8 Å². The van der Waals surface area contributed by atoms with Gasteiger partial charge in [-0.05, 0) is 74.5 Å². The van der Waals surface area contributed by atoms with Gasteiger partial charge in [0.05, 0.1) is 6.61 Å². The van der Waals surface area contributed by atoms with Gasteiger partial charge in [0.1, 0.15) is 5.75 Å². The largest absolute Gasteiger partial charge is 0.493 e. The summed E-state index contributed by atoms with van der Waals surface area (Å²) in [5, 5.41) is 0. The Balaban J connectivity index is 1.85. The first-order valence-corrected chi connectivity index (χ1v) is 10.4. The van der Waals surface area contributed by atoms with Crippen LogP contribution >= 0.6 is 11.8 Å². The van der Waals surface area contributed by atoms with E-state index in [4.69, 9.17) is 4.74 Å². The first-order chi connectivity index (χ1) is 12.2. The normalized spacial score (nSPS) is 16.6. The first-order valence-electron chi connectivity index (χ1n) is 9.20. The Hall–Kier alpha value is -1.68. The Morgan fingerprint density at radius 1 is 1.16 bits per heavy atom. The maximum absolute atomic E-state index is 12.6. The van der Waals surface area contributed by atoms with E-state index in [2.05, 4.69) is 24.5 Å². The van der Waals surface area contributed by atoms with Crippen molar-refractivity contribution < 1.29 is 4.74 Å². The molecule has 4 rings (SSSR count). The van der Waals surface area contributed by atoms with Crippen molar-refractivity contribution in [2.45, 2.75) is 43.4 Å². The highest BCUT2D eigenvalue weighted by molar-refractivity contribution is 7.98. The Bertz CT molecular complexity index is 852. The molecule has 0 aliphatic heterocycles. The van der Waals surface area contributed by atoms with Crippen LogP contribution in [0.15, 0.2) is 34.1 Å². The third-order valence-corrected chi connectivity index (χ3v) is 6.07. The van der Waals surface area contributed by atoms with Crippen LogP contribution in [0.3, 0.4) is 0 Å². The van der Waals surface area contributed by atoms with Crippen molar-refractivity contribution in [1.82, 2.24) is 4.57 Å². The van der Waals surface area contributed by atoms with Crippen LogP contribution in [0.5, 0.6) is 5.75 Å². The minimum Gasteiger partial charge on any atom is -0.493 e. The van der Waals surface area contributed by atoms with Crippen molar-refractivity contribution in [1.29, 1.82) is 0 Å². The number of thioether (sulfide) groups is 1. The van der Waals surface area contributed by atoms with Crippen molar-refractivity contribution in [3.63, 3.8) is 0 Å². The van der Waals surface area contributed by atoms with E-state index < -0.39 is 0 Å². The summed E-state index contributed by atoms with van der Waals surface area (Å²) in [7, 11) is 1.86. The monoisotopic (exact) mass is 355 g/mol. The Morgan fingerprint density at radius 2 is 1.92 bits per heavy atom. The van der Waals surface area contributed by atoms with Gasteiger partial charge in [-0.25, -0.2) is 0 Å². The number of aryl methyl sites for hydroxylation is 1. The predicted molar refractivity (Wildman–Crippen MR) is 104 cm³/mol. The van der Waals surface area contributed by atoms with Crippen molar-refractivity contribution in [3.8, 4) is 16.9 Å². The lowest BCUT2D eigenvalue weighted by Crippen LogP contribution is -2.25. The summed E-state index contributed by atoms with van der Waals surface area (Å²) in [6.45, 7) is 0.805. The number of fused-ring (bicyclic) bond motifs is 1. The second-order valence-electron chi connectivity index (χ2n) is 7.24. The van der Waals surface area contributed by atoms with E-state index >= 15 is 0 Å². The molecule has 0 saturated heterocycles. The molecule has 0 radical (unpaired) electrons. The van der Waals surface area contributed by atoms with Crippen LogP contribution in [0.25, 0.3) is 11.1 Å². The standard InChI is InChI=1S/C21H25NO2S/c1-22-12-19(16-5-3-4-6-17(16)21(22)23)18-11-15(25-2)9-10-20(18)24-13-14-7-8-14/h9-12,14H,3-8,13H2,1-2H3. The molecule has 25 heavy (non-hydrogen) atoms. The van der Waals surface area contributed by atoms with Gasteiger partial charge >= 0.3 is 0 Å². The predicted octanol–water partition coefficient (Wildman–Crippen LogP) is 4.44. The summed E-state index contributed by atoms with van der Waals surface area (Å²) >= 11 is 1.74. The highest BCUT2D eigenvalue weighted by atomic mass is 32.2. The van der Waals surface area contributed by atoms with Crippen molar-refractivity contribution in [2.24, 2.45) is 13.0 Å². The summed E-state index contributed by atoms with van der Waals surface area (Å²) in [6.07, 6.45) is 10.8. The zero-order valence-electron chi connectivity index (χ0n) is 15.0. The summed E-state index contributed by atoms with van der Waals surface area (Å²) in [4.78, 5) is 13.8. The molecule has 0 unspecified atom stereocenters. The highest BCUT2D eigenvalue weighted by Gasteiger charge is 2.24. The molecule has 1 aromatic carbocycles. The Morgan fingerprint density at radius 3 is 2.64 bits per heavy atom. The average Bonchev–Trinajstić information content (AvgIpc) is 3.47. The van der Waals surface area contributed by atoms with Gasteiger partial charge in [-0.2, -0.15) is 0 Å². The number of nitrogens with zero attached hydrogens (tertiary/aromatic N) is 1. The molecule has 2 aromatic rings. The molecule has 2 aliphatic carbocycles. The van der Waals surface area contributed by atoms with E-state index in [1.807, 2.05) is 13.2 Å². The van der Waals surface area contributed by atoms with Crippen molar-refractivity contribution in [2.75, 3.05) is 12.9 Å². The number of ether oxygens (including phenoxy) is 1. The number of hydrogen-bond acceptors (Lipinski definition) is 3. The van der Waals surface area contributed by atoms with E-state index in [0.29, 0.717) is 0 Å². The van der Waals surface area contributed by atoms with Gasteiger partial charge in [-0.1, -0.05) is 0 Å². The fraction of sp³-hybridized carbons (Fsp3) is 0.476. The summed E-state index contributed by atoms with van der Waals surface area (Å²) in [5.74, 6) is 1.68. The minimum absolute atomic E-state index is 0.167. The second-order valence-corrected chi connectivity index (χ2v) is 8.12. The molecule has 0 spiro atoms. The van der Waals surface area contributed by atoms with Crippen LogP contribution in [0, 0.1) is 5.92 Å². The van der Waals surface area contributed by atoms with E-state index in [9.17, 15) is 4.79 Å². The van der Waals surface area contributed by atoms with Crippen LogP contribution < -0.4 is 10.3 Å². The molecule has 0 N–H and O–H groups in total. The number of pyridine rings is 1. The number of hydrogen-bond donors (Lipinski definition) is 0. The van der Waals surface area contributed by atoms with Gasteiger partial charge in [-0.15, -0.1) is 11.8 Å². The first kappa shape index (κ1) is 16.8. The van der Waals surface area contributed by atoms with Gasteiger partial charge in [-0.3, -0.25) is 4.79 Å². The number of benzene rings is 1. The lowest BCUT2D eigenvalue weighted by Gasteiger charge is -2.22. The lowest BCUT2D eigenvalue weighted by molar-refractivity contribution is 0.301. The van der Waals surface area contributed by atoms with E-state index in [-0.39, 0.29) is 5.56 Å². The van der Waals surface area contributed by atoms with Gasteiger partial charge in [0.2, 0.25) is 0 Å². The molecule has 1 saturated carbocycles. The van der Waals surface area contributed by atoms with Crippen LogP contribution in [0.2, 0.25) is 0 Å². The Labute approximate surface area is 153 Å². The molecule has 3 nitrogen and oxygen atoms in total. The number of aromatic nitrogens is 1. The van der Waals surface area contributed by atoms with Crippen LogP contribution in [0.1, 0.15) is 36.8 Å². The summed E-state index contributed by atoms with van der Waals surface area (Å²) < 4.78 is 7.93. The smallest absolute Gasteiger partial charge is 0.253 e. The average molecular weight is 356 g/mol. The van der Waals surface area contributed by atoms with E-state index in [1.54, 1.807) is 16.3 Å². The zero-order chi connectivity index (χ0) is 17.4. The maximum Gasteiger partial charge on any atom is 0.253 e. The molecule has 2 aliphatic rings. The summed E-state index contributed by atoms with van der Waals surface area (Å²) in [5.41, 5.74) is 4.73. The lowest BCUT2D eigenvalue weighted by atomic mass is 9.87. The number of rotatable bonds is 5. The molecule has 0 atom stereocenters. The molecule has 132 valence electrons. The highest BCUT2D eigenvalue weighted by Crippen LogP contribution is 2.39. The van der Waals surface area contributed by atoms with Crippen molar-refractivity contribution in [3.05, 3.63) is 45.9 Å². The Kier molecular flexibility index (Phi) is 4.63. The van der Waals surface area contributed by atoms with Crippen LogP contribution in [-0.2, 0) is 19.9 Å². The SMILES string of the molecule is CSc1ccc(OCC2CC2)c(-c2cn(C)c(=O)c3c2CCCC3)c1. The second kappa shape index (κ2) is 6.91. The molecule has 1 fully saturated rings. The zero-order valence-corrected chi connectivity index (χ0v) is 15.8. The molecule has 1 heterocycles. The quantitative estimate of drug-likeness (QED) is 0.743. The van der Waals surface area contributed by atoms with Crippen LogP contribution in [0.4, 0.5) is 0 Å². The fourth-order valence-corrected chi connectivity index (χ4v) is 4.12. The third kappa shape index (κ3) is 3.37. The van der Waals surface area contributed by atoms with Gasteiger partial charge in [0.25, 0.3) is 5.56 Å². The van der Waals surface area contributed by atoms with Gasteiger partial charge in [0.15, 0.2) is 0 Å². The minimum atomic E-state index is 0.167. The van der Waals surface area contributed by atoms with E-state index in [1.165, 1.54) is 28.9 Å². The molecule has 4 heteroatoms. The summed E-state index contributed by atoms with van der Waals surface area (Å²) in [6, 6.07) is 6.45. The fourth-order valence-electron chi connectivity index (χ4n) is 3.68. The van der Waals surface area contributed by atoms with Crippen LogP contribution in [-0.4, -0.2) is 17.4 Å². The maximum atomic E-state index is 12.6. The van der Waals surface area contributed by atoms with Gasteiger partial charge < -0.3 is 9.30 Å². The molecule has 0 amide bonds. The van der Waals surface area contributed by atoms with Gasteiger partial charge in [0, 0.05) is 34.8 Å². The molecular formula is C21H25NO2S.